The lowest BCUT2D eigenvalue weighted by molar-refractivity contribution is 0.271. The molecule has 0 amide bonds. The zero-order valence-corrected chi connectivity index (χ0v) is 10.4. The van der Waals surface area contributed by atoms with E-state index in [4.69, 9.17) is 0 Å². The van der Waals surface area contributed by atoms with Crippen LogP contribution >= 0.6 is 0 Å². The van der Waals surface area contributed by atoms with E-state index in [1.165, 1.54) is 44.0 Å². The molecule has 1 fully saturated rings. The van der Waals surface area contributed by atoms with Gasteiger partial charge >= 0.3 is 0 Å². The average molecular weight is 218 g/mol. The number of piperazine rings is 1. The molecule has 1 aromatic rings. The number of likely N-dealkylation sites (N-methyl/N-ethyl adjacent to an activating group) is 1. The first-order valence-corrected chi connectivity index (χ1v) is 6.39. The molecule has 2 rings (SSSR count). The maximum atomic E-state index is 2.51. The summed E-state index contributed by atoms with van der Waals surface area (Å²) < 4.78 is 0. The van der Waals surface area contributed by atoms with Crippen LogP contribution in [0.3, 0.4) is 0 Å². The Labute approximate surface area is 98.9 Å². The minimum Gasteiger partial charge on any atom is -0.369 e. The van der Waals surface area contributed by atoms with Crippen molar-refractivity contribution >= 4 is 5.69 Å². The molecule has 0 bridgehead atoms. The second-order valence-corrected chi connectivity index (χ2v) is 4.44. The second-order valence-electron chi connectivity index (χ2n) is 4.44. The third-order valence-electron chi connectivity index (χ3n) is 3.50. The molecule has 1 aliphatic heterocycles. The first kappa shape index (κ1) is 11.5. The fraction of sp³-hybridized carbons (Fsp3) is 0.571. The van der Waals surface area contributed by atoms with Gasteiger partial charge in [-0.15, -0.1) is 0 Å². The summed E-state index contributed by atoms with van der Waals surface area (Å²) in [5.74, 6) is 0. The lowest BCUT2D eigenvalue weighted by Gasteiger charge is -2.35. The zero-order chi connectivity index (χ0) is 11.4. The predicted molar refractivity (Wildman–Crippen MR) is 70.1 cm³/mol. The number of nitrogens with zero attached hydrogens (tertiary/aromatic N) is 2. The van der Waals surface area contributed by atoms with Crippen LogP contribution in [-0.2, 0) is 6.42 Å². The largest absolute Gasteiger partial charge is 0.369 e. The minimum atomic E-state index is 1.13. The van der Waals surface area contributed by atoms with E-state index in [1.54, 1.807) is 0 Å². The number of hydrogen-bond donors (Lipinski definition) is 0. The Morgan fingerprint density at radius 2 is 1.81 bits per heavy atom. The Hall–Kier alpha value is -1.02. The predicted octanol–water partition coefficient (Wildman–Crippen LogP) is 2.39. The maximum Gasteiger partial charge on any atom is 0.0369 e. The molecule has 1 aliphatic rings. The minimum absolute atomic E-state index is 1.13. The van der Waals surface area contributed by atoms with Gasteiger partial charge in [-0.1, -0.05) is 26.0 Å². The van der Waals surface area contributed by atoms with Crippen LogP contribution in [0.15, 0.2) is 24.3 Å². The normalized spacial score (nSPS) is 17.8. The first-order valence-electron chi connectivity index (χ1n) is 6.39. The van der Waals surface area contributed by atoms with Gasteiger partial charge in [0.15, 0.2) is 0 Å². The number of aryl methyl sites for hydroxylation is 1. The standard InChI is InChI=1S/C14H22N2/c1-3-13-6-5-7-14(12-13)16-10-8-15(4-2)9-11-16/h5-7,12H,3-4,8-11H2,1-2H3. The van der Waals surface area contributed by atoms with Gasteiger partial charge < -0.3 is 9.80 Å². The summed E-state index contributed by atoms with van der Waals surface area (Å²) in [5.41, 5.74) is 2.84. The van der Waals surface area contributed by atoms with Gasteiger partial charge in [0, 0.05) is 31.9 Å². The zero-order valence-electron chi connectivity index (χ0n) is 10.4. The molecule has 0 saturated carbocycles. The van der Waals surface area contributed by atoms with E-state index < -0.39 is 0 Å². The van der Waals surface area contributed by atoms with Gasteiger partial charge in [-0.25, -0.2) is 0 Å². The van der Waals surface area contributed by atoms with Crippen LogP contribution in [0.5, 0.6) is 0 Å². The van der Waals surface area contributed by atoms with Crippen LogP contribution in [0.4, 0.5) is 5.69 Å². The monoisotopic (exact) mass is 218 g/mol. The fourth-order valence-corrected chi connectivity index (χ4v) is 2.30. The quantitative estimate of drug-likeness (QED) is 0.768. The highest BCUT2D eigenvalue weighted by Gasteiger charge is 2.15. The van der Waals surface area contributed by atoms with E-state index >= 15 is 0 Å². The summed E-state index contributed by atoms with van der Waals surface area (Å²) in [7, 11) is 0. The van der Waals surface area contributed by atoms with Crippen molar-refractivity contribution in [3.05, 3.63) is 29.8 Å². The SMILES string of the molecule is CCc1cccc(N2CCN(CC)CC2)c1. The number of rotatable bonds is 3. The van der Waals surface area contributed by atoms with E-state index in [0.29, 0.717) is 0 Å². The first-order chi connectivity index (χ1) is 7.83. The molecule has 88 valence electrons. The van der Waals surface area contributed by atoms with E-state index in [0.717, 1.165) is 6.42 Å². The van der Waals surface area contributed by atoms with Crippen molar-refractivity contribution in [1.29, 1.82) is 0 Å². The molecular weight excluding hydrogens is 196 g/mol. The van der Waals surface area contributed by atoms with Crippen LogP contribution in [0, 0.1) is 0 Å². The molecule has 2 nitrogen and oxygen atoms in total. The van der Waals surface area contributed by atoms with Gasteiger partial charge in [0.1, 0.15) is 0 Å². The summed E-state index contributed by atoms with van der Waals surface area (Å²) in [4.78, 5) is 5.02. The summed E-state index contributed by atoms with van der Waals surface area (Å²) in [5, 5.41) is 0. The highest BCUT2D eigenvalue weighted by atomic mass is 15.3. The Morgan fingerprint density at radius 1 is 1.06 bits per heavy atom. The molecule has 1 aromatic carbocycles. The van der Waals surface area contributed by atoms with Gasteiger partial charge in [0.05, 0.1) is 0 Å². The Bertz CT molecular complexity index is 327. The van der Waals surface area contributed by atoms with E-state index in [1.807, 2.05) is 0 Å². The fourth-order valence-electron chi connectivity index (χ4n) is 2.30. The molecule has 1 saturated heterocycles. The van der Waals surface area contributed by atoms with Gasteiger partial charge in [-0.05, 0) is 30.7 Å². The summed E-state index contributed by atoms with van der Waals surface area (Å²) >= 11 is 0. The van der Waals surface area contributed by atoms with Crippen molar-refractivity contribution in [2.24, 2.45) is 0 Å². The highest BCUT2D eigenvalue weighted by Crippen LogP contribution is 2.18. The molecule has 0 aliphatic carbocycles. The summed E-state index contributed by atoms with van der Waals surface area (Å²) in [6.45, 7) is 10.4. The molecule has 0 spiro atoms. The Balaban J connectivity index is 2.02. The Kier molecular flexibility index (Phi) is 3.83. The molecule has 0 unspecified atom stereocenters. The third kappa shape index (κ3) is 2.56. The van der Waals surface area contributed by atoms with Crippen molar-refractivity contribution in [2.45, 2.75) is 20.3 Å². The van der Waals surface area contributed by atoms with Crippen LogP contribution in [0.1, 0.15) is 19.4 Å². The second kappa shape index (κ2) is 5.35. The van der Waals surface area contributed by atoms with Crippen molar-refractivity contribution in [3.63, 3.8) is 0 Å². The lowest BCUT2D eigenvalue weighted by atomic mass is 10.1. The van der Waals surface area contributed by atoms with Crippen LogP contribution < -0.4 is 4.90 Å². The van der Waals surface area contributed by atoms with Gasteiger partial charge in [-0.2, -0.15) is 0 Å². The molecule has 16 heavy (non-hydrogen) atoms. The topological polar surface area (TPSA) is 6.48 Å². The van der Waals surface area contributed by atoms with Gasteiger partial charge in [-0.3, -0.25) is 0 Å². The van der Waals surface area contributed by atoms with Gasteiger partial charge in [0.25, 0.3) is 0 Å². The van der Waals surface area contributed by atoms with Gasteiger partial charge in [0.2, 0.25) is 0 Å². The maximum absolute atomic E-state index is 2.51. The van der Waals surface area contributed by atoms with Crippen molar-refractivity contribution in [3.8, 4) is 0 Å². The highest BCUT2D eigenvalue weighted by molar-refractivity contribution is 5.49. The van der Waals surface area contributed by atoms with Crippen molar-refractivity contribution in [2.75, 3.05) is 37.6 Å². The van der Waals surface area contributed by atoms with Crippen LogP contribution in [-0.4, -0.2) is 37.6 Å². The molecule has 1 heterocycles. The summed E-state index contributed by atoms with van der Waals surface area (Å²) in [6, 6.07) is 8.97. The smallest absolute Gasteiger partial charge is 0.0369 e. The third-order valence-corrected chi connectivity index (χ3v) is 3.50. The van der Waals surface area contributed by atoms with Crippen LogP contribution in [0.25, 0.3) is 0 Å². The summed E-state index contributed by atoms with van der Waals surface area (Å²) in [6.07, 6.45) is 1.13. The number of anilines is 1. The van der Waals surface area contributed by atoms with Crippen molar-refractivity contribution in [1.82, 2.24) is 4.90 Å². The average Bonchev–Trinajstić information content (AvgIpc) is 2.39. The molecular formula is C14H22N2. The molecule has 0 radical (unpaired) electrons. The van der Waals surface area contributed by atoms with E-state index in [-0.39, 0.29) is 0 Å². The van der Waals surface area contributed by atoms with E-state index in [9.17, 15) is 0 Å². The van der Waals surface area contributed by atoms with E-state index in [2.05, 4.69) is 47.9 Å². The number of hydrogen-bond acceptors (Lipinski definition) is 2. The van der Waals surface area contributed by atoms with Crippen LogP contribution in [0.2, 0.25) is 0 Å². The van der Waals surface area contributed by atoms with Crippen molar-refractivity contribution < 1.29 is 0 Å². The molecule has 2 heteroatoms. The lowest BCUT2D eigenvalue weighted by Crippen LogP contribution is -2.46. The molecule has 0 N–H and O–H groups in total. The number of benzene rings is 1. The molecule has 0 atom stereocenters. The Morgan fingerprint density at radius 3 is 2.44 bits per heavy atom. The molecule has 0 aromatic heterocycles.